The highest BCUT2D eigenvalue weighted by molar-refractivity contribution is 7.09. The van der Waals surface area contributed by atoms with Crippen LogP contribution in [0.15, 0.2) is 29.6 Å². The van der Waals surface area contributed by atoms with Crippen LogP contribution in [-0.4, -0.2) is 12.1 Å². The van der Waals surface area contributed by atoms with E-state index in [0.717, 1.165) is 5.69 Å². The molecule has 1 aromatic heterocycles. The van der Waals surface area contributed by atoms with E-state index in [2.05, 4.69) is 29.6 Å². The molecule has 1 heterocycles. The molecule has 94 valence electrons. The molecule has 0 amide bonds. The standard InChI is InChI=1S/C15H17NOS/c1-17-9-12-10-18-15(16-12)14-8-4-6-11-5-2-3-7-13(11)14/h2-3,5,7,10,14H,4,6,8-9H2,1H3. The maximum absolute atomic E-state index is 5.14. The van der Waals surface area contributed by atoms with Crippen molar-refractivity contribution in [3.63, 3.8) is 0 Å². The van der Waals surface area contributed by atoms with Crippen molar-refractivity contribution < 1.29 is 4.74 Å². The van der Waals surface area contributed by atoms with Crippen LogP contribution < -0.4 is 0 Å². The summed E-state index contributed by atoms with van der Waals surface area (Å²) in [5, 5.41) is 3.37. The van der Waals surface area contributed by atoms with Crippen LogP contribution in [0.3, 0.4) is 0 Å². The van der Waals surface area contributed by atoms with Gasteiger partial charge in [0.15, 0.2) is 0 Å². The average Bonchev–Trinajstić information content (AvgIpc) is 2.87. The van der Waals surface area contributed by atoms with Crippen LogP contribution in [0.2, 0.25) is 0 Å². The molecule has 1 atom stereocenters. The van der Waals surface area contributed by atoms with E-state index in [4.69, 9.17) is 9.72 Å². The van der Waals surface area contributed by atoms with Crippen LogP contribution >= 0.6 is 11.3 Å². The summed E-state index contributed by atoms with van der Waals surface area (Å²) in [4.78, 5) is 4.72. The molecule has 1 aromatic carbocycles. The number of benzene rings is 1. The lowest BCUT2D eigenvalue weighted by Gasteiger charge is -2.23. The van der Waals surface area contributed by atoms with Gasteiger partial charge >= 0.3 is 0 Å². The predicted molar refractivity (Wildman–Crippen MR) is 74.1 cm³/mol. The highest BCUT2D eigenvalue weighted by Crippen LogP contribution is 2.37. The number of thiazole rings is 1. The lowest BCUT2D eigenvalue weighted by Crippen LogP contribution is -2.10. The minimum atomic E-state index is 0.491. The van der Waals surface area contributed by atoms with Crippen LogP contribution in [0.25, 0.3) is 0 Å². The van der Waals surface area contributed by atoms with Gasteiger partial charge in [0, 0.05) is 18.4 Å². The minimum Gasteiger partial charge on any atom is -0.378 e. The third-order valence-corrected chi connectivity index (χ3v) is 4.54. The summed E-state index contributed by atoms with van der Waals surface area (Å²) < 4.78 is 5.14. The Balaban J connectivity index is 1.92. The Morgan fingerprint density at radius 1 is 1.39 bits per heavy atom. The summed E-state index contributed by atoms with van der Waals surface area (Å²) in [7, 11) is 1.72. The van der Waals surface area contributed by atoms with E-state index < -0.39 is 0 Å². The third-order valence-electron chi connectivity index (χ3n) is 3.53. The number of aromatic nitrogens is 1. The molecular formula is C15H17NOS. The Labute approximate surface area is 112 Å². The zero-order valence-corrected chi connectivity index (χ0v) is 11.4. The first-order valence-corrected chi connectivity index (χ1v) is 7.27. The highest BCUT2D eigenvalue weighted by Gasteiger charge is 2.23. The zero-order valence-electron chi connectivity index (χ0n) is 10.6. The molecule has 0 aliphatic heterocycles. The molecule has 18 heavy (non-hydrogen) atoms. The van der Waals surface area contributed by atoms with E-state index in [9.17, 15) is 0 Å². The molecule has 0 saturated heterocycles. The van der Waals surface area contributed by atoms with Gasteiger partial charge in [-0.15, -0.1) is 11.3 Å². The molecule has 1 aliphatic rings. The van der Waals surface area contributed by atoms with Gasteiger partial charge in [-0.05, 0) is 30.4 Å². The van der Waals surface area contributed by atoms with Crippen molar-refractivity contribution in [2.45, 2.75) is 31.8 Å². The molecule has 0 bridgehead atoms. The van der Waals surface area contributed by atoms with E-state index >= 15 is 0 Å². The Hall–Kier alpha value is -1.19. The SMILES string of the molecule is COCc1csc(C2CCCc3ccccc32)n1. The minimum absolute atomic E-state index is 0.491. The van der Waals surface area contributed by atoms with Gasteiger partial charge in [0.2, 0.25) is 0 Å². The van der Waals surface area contributed by atoms with Gasteiger partial charge in [0.25, 0.3) is 0 Å². The summed E-state index contributed by atoms with van der Waals surface area (Å²) in [5.41, 5.74) is 4.03. The van der Waals surface area contributed by atoms with Crippen LogP contribution in [0.4, 0.5) is 0 Å². The molecule has 3 heteroatoms. The third kappa shape index (κ3) is 2.20. The van der Waals surface area contributed by atoms with E-state index in [1.54, 1.807) is 18.4 Å². The van der Waals surface area contributed by atoms with Crippen LogP contribution in [-0.2, 0) is 17.8 Å². The second-order valence-electron chi connectivity index (χ2n) is 4.75. The van der Waals surface area contributed by atoms with Crippen molar-refractivity contribution in [1.29, 1.82) is 0 Å². The second kappa shape index (κ2) is 5.21. The summed E-state index contributed by atoms with van der Waals surface area (Å²) >= 11 is 1.77. The lowest BCUT2D eigenvalue weighted by molar-refractivity contribution is 0.182. The first-order valence-electron chi connectivity index (χ1n) is 6.39. The lowest BCUT2D eigenvalue weighted by atomic mass is 9.83. The van der Waals surface area contributed by atoms with Crippen LogP contribution in [0.1, 0.15) is 40.6 Å². The molecule has 0 saturated carbocycles. The maximum atomic E-state index is 5.14. The Morgan fingerprint density at radius 3 is 3.17 bits per heavy atom. The van der Waals surface area contributed by atoms with Gasteiger partial charge in [0.1, 0.15) is 5.01 Å². The van der Waals surface area contributed by atoms with Crippen LogP contribution in [0.5, 0.6) is 0 Å². The van der Waals surface area contributed by atoms with Crippen molar-refractivity contribution in [3.05, 3.63) is 51.5 Å². The number of methoxy groups -OCH3 is 1. The average molecular weight is 259 g/mol. The maximum Gasteiger partial charge on any atom is 0.100 e. The van der Waals surface area contributed by atoms with E-state index in [0.29, 0.717) is 12.5 Å². The van der Waals surface area contributed by atoms with Gasteiger partial charge in [-0.3, -0.25) is 0 Å². The molecular weight excluding hydrogens is 242 g/mol. The van der Waals surface area contributed by atoms with E-state index in [-0.39, 0.29) is 0 Å². The summed E-state index contributed by atoms with van der Waals surface area (Å²) in [5.74, 6) is 0.491. The summed E-state index contributed by atoms with van der Waals surface area (Å²) in [6, 6.07) is 8.79. The van der Waals surface area contributed by atoms with Crippen molar-refractivity contribution in [3.8, 4) is 0 Å². The molecule has 2 aromatic rings. The smallest absolute Gasteiger partial charge is 0.100 e. The van der Waals surface area contributed by atoms with Gasteiger partial charge in [0.05, 0.1) is 12.3 Å². The van der Waals surface area contributed by atoms with Gasteiger partial charge < -0.3 is 4.74 Å². The zero-order chi connectivity index (χ0) is 12.4. The number of rotatable bonds is 3. The second-order valence-corrected chi connectivity index (χ2v) is 5.64. The largest absolute Gasteiger partial charge is 0.378 e. The number of ether oxygens (including phenoxy) is 1. The molecule has 0 fully saturated rings. The van der Waals surface area contributed by atoms with Crippen molar-refractivity contribution in [2.24, 2.45) is 0 Å². The number of nitrogens with zero attached hydrogens (tertiary/aromatic N) is 1. The van der Waals surface area contributed by atoms with Crippen molar-refractivity contribution in [2.75, 3.05) is 7.11 Å². The number of hydrogen-bond donors (Lipinski definition) is 0. The number of fused-ring (bicyclic) bond motifs is 1. The molecule has 0 N–H and O–H groups in total. The Kier molecular flexibility index (Phi) is 3.43. The van der Waals surface area contributed by atoms with Gasteiger partial charge in [-0.25, -0.2) is 4.98 Å². The molecule has 3 rings (SSSR count). The summed E-state index contributed by atoms with van der Waals surface area (Å²) in [6.07, 6.45) is 3.70. The fraction of sp³-hybridized carbons (Fsp3) is 0.400. The fourth-order valence-electron chi connectivity index (χ4n) is 2.71. The Morgan fingerprint density at radius 2 is 2.28 bits per heavy atom. The monoisotopic (exact) mass is 259 g/mol. The Bertz CT molecular complexity index is 535. The molecule has 2 nitrogen and oxygen atoms in total. The van der Waals surface area contributed by atoms with Gasteiger partial charge in [-0.2, -0.15) is 0 Å². The highest BCUT2D eigenvalue weighted by atomic mass is 32.1. The quantitative estimate of drug-likeness (QED) is 0.837. The first-order chi connectivity index (χ1) is 8.88. The molecule has 0 spiro atoms. The first kappa shape index (κ1) is 11.9. The normalized spacial score (nSPS) is 18.6. The van der Waals surface area contributed by atoms with E-state index in [1.165, 1.54) is 35.4 Å². The number of hydrogen-bond acceptors (Lipinski definition) is 3. The van der Waals surface area contributed by atoms with Crippen molar-refractivity contribution >= 4 is 11.3 Å². The number of aryl methyl sites for hydroxylation is 1. The van der Waals surface area contributed by atoms with Crippen LogP contribution in [0, 0.1) is 0 Å². The topological polar surface area (TPSA) is 22.1 Å². The fourth-order valence-corrected chi connectivity index (χ4v) is 3.66. The molecule has 0 radical (unpaired) electrons. The van der Waals surface area contributed by atoms with Gasteiger partial charge in [-0.1, -0.05) is 24.3 Å². The molecule has 1 unspecified atom stereocenters. The van der Waals surface area contributed by atoms with E-state index in [1.807, 2.05) is 0 Å². The molecule has 1 aliphatic carbocycles. The van der Waals surface area contributed by atoms with Crippen molar-refractivity contribution in [1.82, 2.24) is 4.98 Å². The predicted octanol–water partition coefficient (Wildman–Crippen LogP) is 3.76. The summed E-state index contributed by atoms with van der Waals surface area (Å²) in [6.45, 7) is 0.616.